The molecule has 0 saturated heterocycles. The molecule has 3 aromatic rings. The van der Waals surface area contributed by atoms with E-state index in [1.54, 1.807) is 18.5 Å². The monoisotopic (exact) mass is 338 g/mol. The Hall–Kier alpha value is -2.61. The van der Waals surface area contributed by atoms with Crippen molar-refractivity contribution in [2.75, 3.05) is 0 Å². The van der Waals surface area contributed by atoms with Gasteiger partial charge in [-0.15, -0.1) is 24.5 Å². The number of rotatable bonds is 3. The Bertz CT molecular complexity index is 856. The van der Waals surface area contributed by atoms with Crippen LogP contribution >= 0.6 is 11.3 Å². The van der Waals surface area contributed by atoms with Crippen molar-refractivity contribution in [2.45, 2.75) is 6.36 Å². The van der Waals surface area contributed by atoms with Crippen molar-refractivity contribution in [3.63, 3.8) is 0 Å². The standard InChI is InChI=1S/C15H9F3N2O2S/c16-15(17,18)22-12-4-2-11(3-5-12)20-9-10(1-6-13(20)21)14-19-7-8-23-14/h1-9H. The van der Waals surface area contributed by atoms with Crippen LogP contribution in [0.4, 0.5) is 13.2 Å². The number of ether oxygens (including phenoxy) is 1. The molecule has 0 atom stereocenters. The maximum atomic E-state index is 12.2. The highest BCUT2D eigenvalue weighted by Gasteiger charge is 2.30. The van der Waals surface area contributed by atoms with Crippen molar-refractivity contribution in [1.29, 1.82) is 0 Å². The molecule has 0 aliphatic heterocycles. The molecular formula is C15H9F3N2O2S. The van der Waals surface area contributed by atoms with E-state index >= 15 is 0 Å². The highest BCUT2D eigenvalue weighted by molar-refractivity contribution is 7.13. The van der Waals surface area contributed by atoms with E-state index in [0.29, 0.717) is 5.69 Å². The number of nitrogens with zero attached hydrogens (tertiary/aromatic N) is 2. The van der Waals surface area contributed by atoms with Crippen LogP contribution in [0.15, 0.2) is 59.0 Å². The summed E-state index contributed by atoms with van der Waals surface area (Å²) in [5.74, 6) is -0.342. The molecule has 0 N–H and O–H groups in total. The van der Waals surface area contributed by atoms with Crippen molar-refractivity contribution in [3.8, 4) is 22.0 Å². The fourth-order valence-corrected chi connectivity index (χ4v) is 2.62. The van der Waals surface area contributed by atoms with Crippen molar-refractivity contribution in [3.05, 3.63) is 64.5 Å². The quantitative estimate of drug-likeness (QED) is 0.728. The predicted octanol–water partition coefficient (Wildman–Crippen LogP) is 3.86. The van der Waals surface area contributed by atoms with Crippen LogP contribution in [0.25, 0.3) is 16.3 Å². The summed E-state index contributed by atoms with van der Waals surface area (Å²) in [7, 11) is 0. The van der Waals surface area contributed by atoms with Crippen molar-refractivity contribution >= 4 is 11.3 Å². The van der Waals surface area contributed by atoms with Crippen molar-refractivity contribution in [2.24, 2.45) is 0 Å². The van der Waals surface area contributed by atoms with Crippen molar-refractivity contribution in [1.82, 2.24) is 9.55 Å². The second-order valence-corrected chi connectivity index (χ2v) is 5.40. The topological polar surface area (TPSA) is 44.1 Å². The number of hydrogen-bond acceptors (Lipinski definition) is 4. The number of hydrogen-bond donors (Lipinski definition) is 0. The lowest BCUT2D eigenvalue weighted by Crippen LogP contribution is -2.18. The zero-order valence-electron chi connectivity index (χ0n) is 11.4. The molecule has 0 amide bonds. The Morgan fingerprint density at radius 2 is 1.83 bits per heavy atom. The third-order valence-corrected chi connectivity index (χ3v) is 3.76. The molecule has 0 radical (unpaired) electrons. The van der Waals surface area contributed by atoms with Crippen LogP contribution < -0.4 is 10.3 Å². The van der Waals surface area contributed by atoms with Gasteiger partial charge in [0.15, 0.2) is 0 Å². The molecule has 0 aliphatic rings. The summed E-state index contributed by atoms with van der Waals surface area (Å²) in [4.78, 5) is 16.2. The molecule has 0 bridgehead atoms. The van der Waals surface area contributed by atoms with Gasteiger partial charge in [-0.05, 0) is 30.3 Å². The van der Waals surface area contributed by atoms with Gasteiger partial charge in [0, 0.05) is 35.1 Å². The largest absolute Gasteiger partial charge is 0.573 e. The summed E-state index contributed by atoms with van der Waals surface area (Å²) < 4.78 is 41.6. The molecule has 0 fully saturated rings. The molecule has 0 saturated carbocycles. The van der Waals surface area contributed by atoms with Gasteiger partial charge in [-0.25, -0.2) is 4.98 Å². The Balaban J connectivity index is 1.95. The van der Waals surface area contributed by atoms with Gasteiger partial charge in [-0.1, -0.05) is 0 Å². The summed E-state index contributed by atoms with van der Waals surface area (Å²) in [6.45, 7) is 0. The van der Waals surface area contributed by atoms with E-state index < -0.39 is 6.36 Å². The summed E-state index contributed by atoms with van der Waals surface area (Å²) >= 11 is 1.42. The number of alkyl halides is 3. The van der Waals surface area contributed by atoms with E-state index in [4.69, 9.17) is 0 Å². The first-order valence-electron chi connectivity index (χ1n) is 6.41. The zero-order valence-corrected chi connectivity index (χ0v) is 12.3. The summed E-state index contributed by atoms with van der Waals surface area (Å²) in [5.41, 5.74) is 0.882. The Morgan fingerprint density at radius 1 is 1.09 bits per heavy atom. The SMILES string of the molecule is O=c1ccc(-c2nccs2)cn1-c1ccc(OC(F)(F)F)cc1. The first kappa shape index (κ1) is 15.3. The highest BCUT2D eigenvalue weighted by Crippen LogP contribution is 2.24. The number of benzene rings is 1. The molecule has 0 unspecified atom stereocenters. The van der Waals surface area contributed by atoms with E-state index in [-0.39, 0.29) is 11.3 Å². The zero-order chi connectivity index (χ0) is 16.4. The van der Waals surface area contributed by atoms with Gasteiger partial charge < -0.3 is 4.74 Å². The fourth-order valence-electron chi connectivity index (χ4n) is 1.99. The normalized spacial score (nSPS) is 11.4. The second-order valence-electron chi connectivity index (χ2n) is 4.50. The predicted molar refractivity (Wildman–Crippen MR) is 79.8 cm³/mol. The molecule has 118 valence electrons. The van der Waals surface area contributed by atoms with Crippen LogP contribution in [0.5, 0.6) is 5.75 Å². The highest BCUT2D eigenvalue weighted by atomic mass is 32.1. The first-order chi connectivity index (χ1) is 10.9. The lowest BCUT2D eigenvalue weighted by molar-refractivity contribution is -0.274. The molecular weight excluding hydrogens is 329 g/mol. The molecule has 8 heteroatoms. The Kier molecular flexibility index (Phi) is 3.91. The minimum absolute atomic E-state index is 0.296. The van der Waals surface area contributed by atoms with E-state index in [1.807, 2.05) is 5.38 Å². The van der Waals surface area contributed by atoms with Gasteiger partial charge >= 0.3 is 6.36 Å². The number of halogens is 3. The minimum atomic E-state index is -4.75. The third-order valence-electron chi connectivity index (χ3n) is 2.94. The van der Waals surface area contributed by atoms with E-state index in [0.717, 1.165) is 22.7 Å². The summed E-state index contributed by atoms with van der Waals surface area (Å²) in [6.07, 6.45) is -1.50. The molecule has 4 nitrogen and oxygen atoms in total. The van der Waals surface area contributed by atoms with Gasteiger partial charge in [0.1, 0.15) is 10.8 Å². The number of pyridine rings is 1. The third kappa shape index (κ3) is 3.59. The maximum Gasteiger partial charge on any atom is 0.573 e. The maximum absolute atomic E-state index is 12.2. The summed E-state index contributed by atoms with van der Waals surface area (Å²) in [5, 5.41) is 2.56. The number of thiazole rings is 1. The fraction of sp³-hybridized carbons (Fsp3) is 0.0667. The molecule has 3 rings (SSSR count). The number of aromatic nitrogens is 2. The lowest BCUT2D eigenvalue weighted by Gasteiger charge is -2.10. The lowest BCUT2D eigenvalue weighted by atomic mass is 10.2. The van der Waals surface area contributed by atoms with Crippen LogP contribution in [-0.4, -0.2) is 15.9 Å². The smallest absolute Gasteiger partial charge is 0.406 e. The van der Waals surface area contributed by atoms with Crippen LogP contribution in [0, 0.1) is 0 Å². The average molecular weight is 338 g/mol. The Labute approximate surface area is 132 Å². The summed E-state index contributed by atoms with van der Waals surface area (Å²) in [6, 6.07) is 8.12. The first-order valence-corrected chi connectivity index (χ1v) is 7.29. The molecule has 0 aliphatic carbocycles. The van der Waals surface area contributed by atoms with Crippen LogP contribution in [0.2, 0.25) is 0 Å². The molecule has 2 aromatic heterocycles. The van der Waals surface area contributed by atoms with E-state index in [1.165, 1.54) is 34.1 Å². The Morgan fingerprint density at radius 3 is 2.43 bits per heavy atom. The van der Waals surface area contributed by atoms with Crippen LogP contribution in [-0.2, 0) is 0 Å². The van der Waals surface area contributed by atoms with Gasteiger partial charge in [-0.2, -0.15) is 0 Å². The molecule has 2 heterocycles. The van der Waals surface area contributed by atoms with Gasteiger partial charge in [0.05, 0.1) is 0 Å². The molecule has 1 aromatic carbocycles. The van der Waals surface area contributed by atoms with Crippen LogP contribution in [0.3, 0.4) is 0 Å². The van der Waals surface area contributed by atoms with Crippen LogP contribution in [0.1, 0.15) is 0 Å². The van der Waals surface area contributed by atoms with Gasteiger partial charge in [-0.3, -0.25) is 9.36 Å². The molecule has 0 spiro atoms. The van der Waals surface area contributed by atoms with Gasteiger partial charge in [0.2, 0.25) is 0 Å². The second kappa shape index (κ2) is 5.88. The minimum Gasteiger partial charge on any atom is -0.406 e. The van der Waals surface area contributed by atoms with Crippen molar-refractivity contribution < 1.29 is 17.9 Å². The average Bonchev–Trinajstić information content (AvgIpc) is 3.01. The van der Waals surface area contributed by atoms with Gasteiger partial charge in [0.25, 0.3) is 5.56 Å². The molecule has 23 heavy (non-hydrogen) atoms. The van der Waals surface area contributed by atoms with E-state index in [9.17, 15) is 18.0 Å². The van der Waals surface area contributed by atoms with E-state index in [2.05, 4.69) is 9.72 Å².